The molecule has 1 saturated heterocycles. The molecule has 0 spiro atoms. The molecular weight excluding hydrogens is 236 g/mol. The van der Waals surface area contributed by atoms with E-state index in [9.17, 15) is 0 Å². The van der Waals surface area contributed by atoms with Crippen molar-refractivity contribution in [2.45, 2.75) is 45.4 Å². The Bertz CT molecular complexity index is 191. The first-order valence-electron chi connectivity index (χ1n) is 6.73. The number of hydrogen-bond acceptors (Lipinski definition) is 4. The molecule has 102 valence electrons. The second-order valence-electron chi connectivity index (χ2n) is 4.26. The molecule has 1 aliphatic rings. The van der Waals surface area contributed by atoms with Gasteiger partial charge in [0.2, 0.25) is 0 Å². The van der Waals surface area contributed by atoms with Crippen molar-refractivity contribution < 1.29 is 18.3 Å². The average molecular weight is 262 g/mol. The predicted octanol–water partition coefficient (Wildman–Crippen LogP) is 2.33. The zero-order chi connectivity index (χ0) is 12.6. The summed E-state index contributed by atoms with van der Waals surface area (Å²) in [6, 6.07) is 2.04. The topological polar surface area (TPSA) is 40.2 Å². The molecule has 4 nitrogen and oxygen atoms in total. The second-order valence-corrected chi connectivity index (χ2v) is 7.87. The summed E-state index contributed by atoms with van der Waals surface area (Å²) < 4.78 is 22.4. The number of ether oxygens (including phenoxy) is 2. The lowest BCUT2D eigenvalue weighted by Crippen LogP contribution is -2.41. The number of hydrogen-bond donors (Lipinski definition) is 0. The van der Waals surface area contributed by atoms with Gasteiger partial charge in [-0.15, -0.1) is 0 Å². The maximum Gasteiger partial charge on any atom is 0.337 e. The smallest absolute Gasteiger partial charge is 0.337 e. The van der Waals surface area contributed by atoms with Gasteiger partial charge in [0, 0.05) is 19.8 Å². The lowest BCUT2D eigenvalue weighted by Gasteiger charge is -2.28. The van der Waals surface area contributed by atoms with Crippen molar-refractivity contribution in [3.63, 3.8) is 0 Å². The minimum atomic E-state index is -1.94. The molecule has 1 heterocycles. The first-order chi connectivity index (χ1) is 8.26. The zero-order valence-electron chi connectivity index (χ0n) is 11.4. The highest BCUT2D eigenvalue weighted by Gasteiger charge is 2.34. The van der Waals surface area contributed by atoms with Crippen LogP contribution in [0.3, 0.4) is 0 Å². The summed E-state index contributed by atoms with van der Waals surface area (Å²) in [5.74, 6) is 0. The largest absolute Gasteiger partial charge is 0.394 e. The Kier molecular flexibility index (Phi) is 7.30. The Morgan fingerprint density at radius 3 is 2.29 bits per heavy atom. The Hall–Kier alpha value is 0.0569. The van der Waals surface area contributed by atoms with Gasteiger partial charge in [0.15, 0.2) is 0 Å². The van der Waals surface area contributed by atoms with Crippen molar-refractivity contribution in [1.82, 2.24) is 0 Å². The fourth-order valence-electron chi connectivity index (χ4n) is 1.92. The third-order valence-electron chi connectivity index (χ3n) is 2.91. The van der Waals surface area contributed by atoms with Gasteiger partial charge in [-0.1, -0.05) is 6.92 Å². The second kappa shape index (κ2) is 8.21. The van der Waals surface area contributed by atoms with E-state index < -0.39 is 8.56 Å². The van der Waals surface area contributed by atoms with Gasteiger partial charge in [0.1, 0.15) is 6.10 Å². The Morgan fingerprint density at radius 1 is 1.18 bits per heavy atom. The van der Waals surface area contributed by atoms with Crippen molar-refractivity contribution in [2.75, 3.05) is 33.0 Å². The molecule has 0 amide bonds. The van der Waals surface area contributed by atoms with Crippen LogP contribution in [0.1, 0.15) is 27.2 Å². The molecule has 0 aromatic rings. The summed E-state index contributed by atoms with van der Waals surface area (Å²) in [4.78, 5) is 0. The fourth-order valence-corrected chi connectivity index (χ4v) is 4.78. The van der Waals surface area contributed by atoms with Crippen molar-refractivity contribution >= 4 is 8.56 Å². The molecule has 0 bridgehead atoms. The molecule has 0 saturated carbocycles. The minimum Gasteiger partial charge on any atom is -0.394 e. The van der Waals surface area contributed by atoms with Gasteiger partial charge in [0.05, 0.1) is 13.2 Å². The highest BCUT2D eigenvalue weighted by atomic mass is 28.4. The molecule has 0 aliphatic carbocycles. The van der Waals surface area contributed by atoms with Gasteiger partial charge in [-0.25, -0.2) is 0 Å². The van der Waals surface area contributed by atoms with E-state index in [1.165, 1.54) is 0 Å². The molecule has 1 aliphatic heterocycles. The van der Waals surface area contributed by atoms with Crippen LogP contribution in [0, 0.1) is 0 Å². The van der Waals surface area contributed by atoms with Crippen LogP contribution in [0.15, 0.2) is 0 Å². The third-order valence-corrected chi connectivity index (χ3v) is 6.73. The number of epoxide rings is 1. The molecule has 5 heteroatoms. The lowest BCUT2D eigenvalue weighted by atomic mass is 10.5. The van der Waals surface area contributed by atoms with Gasteiger partial charge in [-0.3, -0.25) is 0 Å². The van der Waals surface area contributed by atoms with Crippen LogP contribution >= 0.6 is 0 Å². The van der Waals surface area contributed by atoms with Gasteiger partial charge in [-0.2, -0.15) is 0 Å². The predicted molar refractivity (Wildman–Crippen MR) is 69.5 cm³/mol. The van der Waals surface area contributed by atoms with Gasteiger partial charge < -0.3 is 18.3 Å². The first kappa shape index (κ1) is 15.1. The van der Waals surface area contributed by atoms with Gasteiger partial charge >= 0.3 is 8.56 Å². The van der Waals surface area contributed by atoms with Crippen LogP contribution in [-0.2, 0) is 18.3 Å². The minimum absolute atomic E-state index is 0.363. The molecule has 0 aromatic heterocycles. The quantitative estimate of drug-likeness (QED) is 0.325. The Labute approximate surface area is 106 Å². The Morgan fingerprint density at radius 2 is 1.82 bits per heavy atom. The van der Waals surface area contributed by atoms with E-state index in [1.807, 2.05) is 13.8 Å². The maximum absolute atomic E-state index is 5.90. The summed E-state index contributed by atoms with van der Waals surface area (Å²) in [6.07, 6.45) is 1.38. The van der Waals surface area contributed by atoms with E-state index in [0.29, 0.717) is 6.10 Å². The highest BCUT2D eigenvalue weighted by Crippen LogP contribution is 2.21. The fraction of sp³-hybridized carbons (Fsp3) is 1.00. The summed E-state index contributed by atoms with van der Waals surface area (Å²) in [5, 5.41) is 0. The van der Waals surface area contributed by atoms with Crippen molar-refractivity contribution in [2.24, 2.45) is 0 Å². The Balaban J connectivity index is 2.16. The normalized spacial score (nSPS) is 19.6. The molecule has 0 unspecified atom stereocenters. The van der Waals surface area contributed by atoms with E-state index in [2.05, 4.69) is 6.92 Å². The van der Waals surface area contributed by atoms with Crippen molar-refractivity contribution in [1.29, 1.82) is 0 Å². The number of rotatable bonds is 11. The summed E-state index contributed by atoms with van der Waals surface area (Å²) in [7, 11) is -1.94. The molecule has 0 N–H and O–H groups in total. The van der Waals surface area contributed by atoms with E-state index in [4.69, 9.17) is 18.3 Å². The van der Waals surface area contributed by atoms with E-state index in [-0.39, 0.29) is 0 Å². The third kappa shape index (κ3) is 5.97. The summed E-state index contributed by atoms with van der Waals surface area (Å²) in [6.45, 7) is 10.1. The van der Waals surface area contributed by atoms with Crippen molar-refractivity contribution in [3.8, 4) is 0 Å². The van der Waals surface area contributed by atoms with E-state index >= 15 is 0 Å². The SMILES string of the molecule is CCO[Si](CC)(CCCOC[C@H]1CO1)OCC. The maximum atomic E-state index is 5.90. The monoisotopic (exact) mass is 262 g/mol. The van der Waals surface area contributed by atoms with Crippen molar-refractivity contribution in [3.05, 3.63) is 0 Å². The van der Waals surface area contributed by atoms with E-state index in [1.54, 1.807) is 0 Å². The molecule has 0 radical (unpaired) electrons. The van der Waals surface area contributed by atoms with Crippen LogP contribution in [0.5, 0.6) is 0 Å². The molecular formula is C12H26O4Si. The average Bonchev–Trinajstić information content (AvgIpc) is 3.13. The first-order valence-corrected chi connectivity index (χ1v) is 8.96. The zero-order valence-corrected chi connectivity index (χ0v) is 12.4. The summed E-state index contributed by atoms with van der Waals surface area (Å²) in [5.41, 5.74) is 0. The lowest BCUT2D eigenvalue weighted by molar-refractivity contribution is 0.113. The van der Waals surface area contributed by atoms with Crippen LogP contribution < -0.4 is 0 Å². The van der Waals surface area contributed by atoms with Crippen LogP contribution in [-0.4, -0.2) is 47.7 Å². The van der Waals surface area contributed by atoms with Crippen LogP contribution in [0.4, 0.5) is 0 Å². The summed E-state index contributed by atoms with van der Waals surface area (Å²) >= 11 is 0. The molecule has 1 rings (SSSR count). The van der Waals surface area contributed by atoms with E-state index in [0.717, 1.165) is 51.5 Å². The molecule has 17 heavy (non-hydrogen) atoms. The highest BCUT2D eigenvalue weighted by molar-refractivity contribution is 6.67. The van der Waals surface area contributed by atoms with Gasteiger partial charge in [-0.05, 0) is 32.4 Å². The standard InChI is InChI=1S/C12H26O4Si/c1-4-15-17(6-3,16-5-2)9-7-8-13-10-12-11-14-12/h12H,4-11H2,1-3H3/t12-/m0/s1. The molecule has 1 fully saturated rings. The molecule has 1 atom stereocenters. The van der Waals surface area contributed by atoms with Gasteiger partial charge in [0.25, 0.3) is 0 Å². The van der Waals surface area contributed by atoms with Crippen LogP contribution in [0.25, 0.3) is 0 Å². The molecule has 0 aromatic carbocycles. The van der Waals surface area contributed by atoms with Crippen LogP contribution in [0.2, 0.25) is 12.1 Å².